The number of rotatable bonds is 5. The van der Waals surface area contributed by atoms with Crippen LogP contribution in [0.1, 0.15) is 12.0 Å². The Morgan fingerprint density at radius 3 is 2.61 bits per heavy atom. The van der Waals surface area contributed by atoms with Gasteiger partial charge in [0, 0.05) is 24.7 Å². The van der Waals surface area contributed by atoms with Crippen LogP contribution < -0.4 is 10.2 Å². The predicted molar refractivity (Wildman–Crippen MR) is 97.6 cm³/mol. The molecular weight excluding hydrogens is 370 g/mol. The van der Waals surface area contributed by atoms with Gasteiger partial charge in [-0.2, -0.15) is 0 Å². The number of nitrogens with zero attached hydrogens (tertiary/aromatic N) is 1. The Labute approximate surface area is 160 Å². The summed E-state index contributed by atoms with van der Waals surface area (Å²) in [5.41, 5.74) is 1.39. The molecule has 1 atom stereocenters. The molecule has 1 fully saturated rings. The summed E-state index contributed by atoms with van der Waals surface area (Å²) in [5, 5.41) is 2.14. The molecular formula is C20H18F2N2O4. The van der Waals surface area contributed by atoms with E-state index in [1.54, 1.807) is 12.1 Å². The van der Waals surface area contributed by atoms with Crippen molar-refractivity contribution in [2.24, 2.45) is 5.92 Å². The van der Waals surface area contributed by atoms with Crippen LogP contribution in [0.2, 0.25) is 0 Å². The van der Waals surface area contributed by atoms with Gasteiger partial charge in [-0.15, -0.1) is 0 Å². The molecule has 2 aromatic carbocycles. The Bertz CT molecular complexity index is 915. The number of carbonyl (C=O) groups is 3. The lowest BCUT2D eigenvalue weighted by atomic mass is 10.1. The van der Waals surface area contributed by atoms with Gasteiger partial charge in [-0.3, -0.25) is 14.4 Å². The molecule has 1 aliphatic rings. The fraction of sp³-hybridized carbons (Fsp3) is 0.250. The Morgan fingerprint density at radius 1 is 1.18 bits per heavy atom. The van der Waals surface area contributed by atoms with E-state index in [0.29, 0.717) is 5.69 Å². The molecule has 0 spiro atoms. The van der Waals surface area contributed by atoms with E-state index in [4.69, 9.17) is 4.74 Å². The third kappa shape index (κ3) is 4.51. The van der Waals surface area contributed by atoms with Gasteiger partial charge in [-0.25, -0.2) is 8.78 Å². The number of halogens is 2. The van der Waals surface area contributed by atoms with Gasteiger partial charge in [0.1, 0.15) is 11.6 Å². The number of hydrogen-bond donors (Lipinski definition) is 1. The van der Waals surface area contributed by atoms with Crippen molar-refractivity contribution in [3.63, 3.8) is 0 Å². The van der Waals surface area contributed by atoms with Crippen molar-refractivity contribution in [3.8, 4) is 0 Å². The molecule has 0 bridgehead atoms. The summed E-state index contributed by atoms with van der Waals surface area (Å²) >= 11 is 0. The van der Waals surface area contributed by atoms with Crippen molar-refractivity contribution in [2.75, 3.05) is 23.4 Å². The molecule has 1 aliphatic heterocycles. The molecule has 146 valence electrons. The maximum absolute atomic E-state index is 13.5. The molecule has 0 unspecified atom stereocenters. The minimum Gasteiger partial charge on any atom is -0.455 e. The molecule has 0 radical (unpaired) electrons. The zero-order valence-electron chi connectivity index (χ0n) is 15.1. The molecule has 28 heavy (non-hydrogen) atoms. The Hall–Kier alpha value is -3.29. The molecule has 2 aromatic rings. The Kier molecular flexibility index (Phi) is 5.67. The molecule has 0 aliphatic carbocycles. The van der Waals surface area contributed by atoms with Crippen molar-refractivity contribution < 1.29 is 27.9 Å². The van der Waals surface area contributed by atoms with Gasteiger partial charge in [-0.1, -0.05) is 17.7 Å². The maximum atomic E-state index is 13.5. The number of carbonyl (C=O) groups excluding carboxylic acids is 3. The molecule has 2 amide bonds. The minimum absolute atomic E-state index is 0.0210. The zero-order chi connectivity index (χ0) is 20.3. The van der Waals surface area contributed by atoms with E-state index in [1.165, 1.54) is 4.90 Å². The van der Waals surface area contributed by atoms with Crippen LogP contribution in [-0.4, -0.2) is 30.9 Å². The van der Waals surface area contributed by atoms with E-state index < -0.39 is 36.0 Å². The highest BCUT2D eigenvalue weighted by molar-refractivity contribution is 6.00. The predicted octanol–water partition coefficient (Wildman–Crippen LogP) is 2.81. The summed E-state index contributed by atoms with van der Waals surface area (Å²) in [6.45, 7) is 1.42. The quantitative estimate of drug-likeness (QED) is 0.800. The second-order valence-corrected chi connectivity index (χ2v) is 6.52. The van der Waals surface area contributed by atoms with Crippen molar-refractivity contribution in [3.05, 3.63) is 59.7 Å². The molecule has 8 heteroatoms. The summed E-state index contributed by atoms with van der Waals surface area (Å²) in [7, 11) is 0. The first-order chi connectivity index (χ1) is 13.3. The Morgan fingerprint density at radius 2 is 1.89 bits per heavy atom. The fourth-order valence-electron chi connectivity index (χ4n) is 2.87. The molecule has 0 saturated carbocycles. The second-order valence-electron chi connectivity index (χ2n) is 6.52. The average molecular weight is 388 g/mol. The Balaban J connectivity index is 1.53. The van der Waals surface area contributed by atoms with Gasteiger partial charge in [0.25, 0.3) is 5.91 Å². The third-order valence-corrected chi connectivity index (χ3v) is 4.35. The number of hydrogen-bond acceptors (Lipinski definition) is 4. The first kappa shape index (κ1) is 19.5. The third-order valence-electron chi connectivity index (χ3n) is 4.35. The molecule has 1 saturated heterocycles. The number of aryl methyl sites for hydroxylation is 1. The van der Waals surface area contributed by atoms with Crippen LogP contribution in [-0.2, 0) is 19.1 Å². The van der Waals surface area contributed by atoms with E-state index >= 15 is 0 Å². The minimum atomic E-state index is -0.809. The molecule has 1 heterocycles. The van der Waals surface area contributed by atoms with Gasteiger partial charge in [-0.05, 0) is 31.2 Å². The average Bonchev–Trinajstić information content (AvgIpc) is 3.05. The van der Waals surface area contributed by atoms with Gasteiger partial charge < -0.3 is 15.0 Å². The van der Waals surface area contributed by atoms with Gasteiger partial charge in [0.05, 0.1) is 11.6 Å². The van der Waals surface area contributed by atoms with Crippen molar-refractivity contribution in [1.29, 1.82) is 0 Å². The number of esters is 1. The number of nitrogens with one attached hydrogen (secondary N) is 1. The normalized spacial score (nSPS) is 16.2. The SMILES string of the molecule is Cc1ccc(N2C[C@@H](C(=O)OCC(=O)Nc3cc(F)ccc3F)CC2=O)cc1. The van der Waals surface area contributed by atoms with Crippen molar-refractivity contribution in [1.82, 2.24) is 0 Å². The van der Waals surface area contributed by atoms with Crippen LogP contribution in [0.4, 0.5) is 20.2 Å². The first-order valence-corrected chi connectivity index (χ1v) is 8.62. The lowest BCUT2D eigenvalue weighted by Crippen LogP contribution is -2.28. The maximum Gasteiger partial charge on any atom is 0.311 e. The van der Waals surface area contributed by atoms with Gasteiger partial charge in [0.2, 0.25) is 5.91 Å². The van der Waals surface area contributed by atoms with Crippen molar-refractivity contribution in [2.45, 2.75) is 13.3 Å². The van der Waals surface area contributed by atoms with E-state index in [9.17, 15) is 23.2 Å². The number of amides is 2. The monoisotopic (exact) mass is 388 g/mol. The van der Waals surface area contributed by atoms with Crippen LogP contribution in [0.5, 0.6) is 0 Å². The number of anilines is 2. The van der Waals surface area contributed by atoms with Crippen LogP contribution in [0.25, 0.3) is 0 Å². The van der Waals surface area contributed by atoms with Crippen LogP contribution >= 0.6 is 0 Å². The summed E-state index contributed by atoms with van der Waals surface area (Å²) < 4.78 is 31.6. The summed E-state index contributed by atoms with van der Waals surface area (Å²) in [5.74, 6) is -3.94. The standard InChI is InChI=1S/C20H18F2N2O4/c1-12-2-5-15(6-3-12)24-10-13(8-19(24)26)20(27)28-11-18(25)23-17-9-14(21)4-7-16(17)22/h2-7,9,13H,8,10-11H2,1H3,(H,23,25)/t13-/m0/s1. The zero-order valence-corrected chi connectivity index (χ0v) is 15.1. The van der Waals surface area contributed by atoms with E-state index in [0.717, 1.165) is 23.8 Å². The molecule has 3 rings (SSSR count). The molecule has 6 nitrogen and oxygen atoms in total. The highest BCUT2D eigenvalue weighted by Gasteiger charge is 2.36. The van der Waals surface area contributed by atoms with E-state index in [-0.39, 0.29) is 24.6 Å². The largest absolute Gasteiger partial charge is 0.455 e. The smallest absolute Gasteiger partial charge is 0.311 e. The van der Waals surface area contributed by atoms with Crippen LogP contribution in [0, 0.1) is 24.5 Å². The highest BCUT2D eigenvalue weighted by Crippen LogP contribution is 2.26. The van der Waals surface area contributed by atoms with Crippen molar-refractivity contribution >= 4 is 29.2 Å². The first-order valence-electron chi connectivity index (χ1n) is 8.62. The van der Waals surface area contributed by atoms with Gasteiger partial charge >= 0.3 is 5.97 Å². The molecule has 1 N–H and O–H groups in total. The lowest BCUT2D eigenvalue weighted by Gasteiger charge is -2.16. The summed E-state index contributed by atoms with van der Waals surface area (Å²) in [6, 6.07) is 9.94. The van der Waals surface area contributed by atoms with E-state index in [2.05, 4.69) is 5.32 Å². The number of benzene rings is 2. The number of ether oxygens (including phenoxy) is 1. The summed E-state index contributed by atoms with van der Waals surface area (Å²) in [6.07, 6.45) is -0.0210. The highest BCUT2D eigenvalue weighted by atomic mass is 19.1. The topological polar surface area (TPSA) is 75.7 Å². The van der Waals surface area contributed by atoms with Crippen LogP contribution in [0.3, 0.4) is 0 Å². The second kappa shape index (κ2) is 8.16. The fourth-order valence-corrected chi connectivity index (χ4v) is 2.87. The van der Waals surface area contributed by atoms with E-state index in [1.807, 2.05) is 19.1 Å². The molecule has 0 aromatic heterocycles. The van der Waals surface area contributed by atoms with Gasteiger partial charge in [0.15, 0.2) is 6.61 Å². The lowest BCUT2D eigenvalue weighted by molar-refractivity contribution is -0.151. The van der Waals surface area contributed by atoms with Crippen LogP contribution in [0.15, 0.2) is 42.5 Å². The summed E-state index contributed by atoms with van der Waals surface area (Å²) in [4.78, 5) is 37.7.